The Morgan fingerprint density at radius 1 is 1.00 bits per heavy atom. The molecule has 0 radical (unpaired) electrons. The van der Waals surface area contributed by atoms with Crippen LogP contribution >= 0.6 is 0 Å². The van der Waals surface area contributed by atoms with Gasteiger partial charge in [0.25, 0.3) is 0 Å². The predicted molar refractivity (Wildman–Crippen MR) is 121 cm³/mol. The van der Waals surface area contributed by atoms with E-state index in [4.69, 9.17) is 4.52 Å². The molecule has 0 saturated carbocycles. The lowest BCUT2D eigenvalue weighted by atomic mass is 10.0. The lowest BCUT2D eigenvalue weighted by Crippen LogP contribution is -2.48. The van der Waals surface area contributed by atoms with Crippen LogP contribution in [-0.4, -0.2) is 58.6 Å². The van der Waals surface area contributed by atoms with E-state index in [2.05, 4.69) is 51.2 Å². The maximum absolute atomic E-state index is 12.7. The molecular formula is C24H29N5O2. The number of aromatic nitrogens is 2. The van der Waals surface area contributed by atoms with E-state index in [0.717, 1.165) is 48.8 Å². The van der Waals surface area contributed by atoms with Crippen LogP contribution in [0.5, 0.6) is 0 Å². The Bertz CT molecular complexity index is 994. The number of anilines is 1. The molecule has 0 spiro atoms. The van der Waals surface area contributed by atoms with Crippen molar-refractivity contribution in [2.24, 2.45) is 0 Å². The third-order valence-corrected chi connectivity index (χ3v) is 5.48. The van der Waals surface area contributed by atoms with Crippen LogP contribution in [0.15, 0.2) is 59.1 Å². The number of benzene rings is 2. The van der Waals surface area contributed by atoms with Crippen LogP contribution in [0.1, 0.15) is 31.5 Å². The quantitative estimate of drug-likeness (QED) is 0.631. The Labute approximate surface area is 183 Å². The van der Waals surface area contributed by atoms with Gasteiger partial charge in [-0.1, -0.05) is 67.5 Å². The molecule has 0 aliphatic carbocycles. The van der Waals surface area contributed by atoms with Gasteiger partial charge in [-0.2, -0.15) is 4.98 Å². The molecule has 1 saturated heterocycles. The lowest BCUT2D eigenvalue weighted by molar-refractivity contribution is -0.117. The van der Waals surface area contributed by atoms with Gasteiger partial charge in [-0.3, -0.25) is 14.6 Å². The van der Waals surface area contributed by atoms with Crippen molar-refractivity contribution in [2.75, 3.05) is 38.0 Å². The van der Waals surface area contributed by atoms with Crippen molar-refractivity contribution in [1.82, 2.24) is 19.9 Å². The van der Waals surface area contributed by atoms with E-state index in [1.807, 2.05) is 42.5 Å². The molecule has 7 heteroatoms. The van der Waals surface area contributed by atoms with E-state index in [-0.39, 0.29) is 11.8 Å². The van der Waals surface area contributed by atoms with Crippen LogP contribution in [0.2, 0.25) is 0 Å². The SMILES string of the molecule is CC(C)c1noc(CN2CCN(CC(=O)Nc3ccccc3-c3ccccc3)CC2)n1. The molecule has 2 heterocycles. The van der Waals surface area contributed by atoms with Gasteiger partial charge in [-0.05, 0) is 11.6 Å². The summed E-state index contributed by atoms with van der Waals surface area (Å²) in [4.78, 5) is 21.6. The number of amides is 1. The Kier molecular flexibility index (Phi) is 6.74. The number of rotatable bonds is 7. The monoisotopic (exact) mass is 419 g/mol. The minimum absolute atomic E-state index is 0.00954. The fourth-order valence-electron chi connectivity index (χ4n) is 3.72. The molecule has 7 nitrogen and oxygen atoms in total. The number of hydrogen-bond donors (Lipinski definition) is 1. The highest BCUT2D eigenvalue weighted by molar-refractivity contribution is 5.96. The summed E-state index contributed by atoms with van der Waals surface area (Å²) in [6, 6.07) is 18.0. The molecule has 0 atom stereocenters. The number of nitrogens with zero attached hydrogens (tertiary/aromatic N) is 4. The Morgan fingerprint density at radius 2 is 1.68 bits per heavy atom. The van der Waals surface area contributed by atoms with Crippen molar-refractivity contribution in [2.45, 2.75) is 26.3 Å². The second-order valence-corrected chi connectivity index (χ2v) is 8.21. The van der Waals surface area contributed by atoms with Gasteiger partial charge >= 0.3 is 0 Å². The van der Waals surface area contributed by atoms with Gasteiger partial charge in [-0.15, -0.1) is 0 Å². The summed E-state index contributed by atoms with van der Waals surface area (Å²) in [6.07, 6.45) is 0. The first-order valence-corrected chi connectivity index (χ1v) is 10.8. The molecule has 2 aromatic carbocycles. The molecule has 31 heavy (non-hydrogen) atoms. The number of carbonyl (C=O) groups is 1. The molecule has 0 bridgehead atoms. The van der Waals surface area contributed by atoms with E-state index in [9.17, 15) is 4.79 Å². The molecule has 1 fully saturated rings. The lowest BCUT2D eigenvalue weighted by Gasteiger charge is -2.33. The number of piperazine rings is 1. The number of hydrogen-bond acceptors (Lipinski definition) is 6. The fraction of sp³-hybridized carbons (Fsp3) is 0.375. The van der Waals surface area contributed by atoms with Gasteiger partial charge in [0.1, 0.15) is 0 Å². The summed E-state index contributed by atoms with van der Waals surface area (Å²) in [7, 11) is 0. The van der Waals surface area contributed by atoms with E-state index < -0.39 is 0 Å². The maximum atomic E-state index is 12.7. The van der Waals surface area contributed by atoms with Gasteiger partial charge in [0.05, 0.1) is 13.1 Å². The second kappa shape index (κ2) is 9.85. The van der Waals surface area contributed by atoms with Crippen LogP contribution in [0.4, 0.5) is 5.69 Å². The zero-order valence-electron chi connectivity index (χ0n) is 18.1. The standard InChI is InChI=1S/C24H29N5O2/c1-18(2)24-26-23(31-27-24)17-29-14-12-28(13-15-29)16-22(30)25-21-11-7-6-10-20(21)19-8-4-3-5-9-19/h3-11,18H,12-17H2,1-2H3,(H,25,30). The van der Waals surface area contributed by atoms with Crippen molar-refractivity contribution in [1.29, 1.82) is 0 Å². The van der Waals surface area contributed by atoms with E-state index in [1.54, 1.807) is 0 Å². The van der Waals surface area contributed by atoms with Gasteiger partial charge in [0.2, 0.25) is 11.8 Å². The summed E-state index contributed by atoms with van der Waals surface area (Å²) in [5.74, 6) is 1.68. The summed E-state index contributed by atoms with van der Waals surface area (Å²) in [5.41, 5.74) is 2.96. The topological polar surface area (TPSA) is 74.5 Å². The number of para-hydroxylation sites is 1. The largest absolute Gasteiger partial charge is 0.338 e. The highest BCUT2D eigenvalue weighted by Crippen LogP contribution is 2.27. The molecule has 1 amide bonds. The average Bonchev–Trinajstić information content (AvgIpc) is 3.25. The third-order valence-electron chi connectivity index (χ3n) is 5.48. The first-order valence-electron chi connectivity index (χ1n) is 10.8. The summed E-state index contributed by atoms with van der Waals surface area (Å²) in [6.45, 7) is 8.55. The minimum Gasteiger partial charge on any atom is -0.338 e. The first-order chi connectivity index (χ1) is 15.1. The van der Waals surface area contributed by atoms with E-state index in [1.165, 1.54) is 0 Å². The number of carbonyl (C=O) groups excluding carboxylic acids is 1. The van der Waals surface area contributed by atoms with Crippen molar-refractivity contribution in [3.05, 3.63) is 66.3 Å². The summed E-state index contributed by atoms with van der Waals surface area (Å²) < 4.78 is 5.35. The highest BCUT2D eigenvalue weighted by Gasteiger charge is 2.21. The second-order valence-electron chi connectivity index (χ2n) is 8.21. The minimum atomic E-state index is 0.00954. The van der Waals surface area contributed by atoms with Crippen molar-refractivity contribution in [3.63, 3.8) is 0 Å². The molecular weight excluding hydrogens is 390 g/mol. The number of nitrogens with one attached hydrogen (secondary N) is 1. The van der Waals surface area contributed by atoms with Crippen LogP contribution in [0.3, 0.4) is 0 Å². The van der Waals surface area contributed by atoms with Gasteiger partial charge in [0.15, 0.2) is 5.82 Å². The van der Waals surface area contributed by atoms with Crippen LogP contribution in [-0.2, 0) is 11.3 Å². The summed E-state index contributed by atoms with van der Waals surface area (Å²) >= 11 is 0. The Hall–Kier alpha value is -3.03. The molecule has 3 aromatic rings. The van der Waals surface area contributed by atoms with Crippen molar-refractivity contribution >= 4 is 11.6 Å². The summed E-state index contributed by atoms with van der Waals surface area (Å²) in [5, 5.41) is 7.12. The van der Waals surface area contributed by atoms with Crippen molar-refractivity contribution in [3.8, 4) is 11.1 Å². The maximum Gasteiger partial charge on any atom is 0.240 e. The zero-order valence-corrected chi connectivity index (χ0v) is 18.1. The molecule has 1 aliphatic heterocycles. The van der Waals surface area contributed by atoms with Gasteiger partial charge in [0, 0.05) is 43.3 Å². The predicted octanol–water partition coefficient (Wildman–Crippen LogP) is 3.62. The normalized spacial score (nSPS) is 15.3. The van der Waals surface area contributed by atoms with Crippen LogP contribution < -0.4 is 5.32 Å². The van der Waals surface area contributed by atoms with Gasteiger partial charge < -0.3 is 9.84 Å². The fourth-order valence-corrected chi connectivity index (χ4v) is 3.72. The molecule has 162 valence electrons. The van der Waals surface area contributed by atoms with Crippen LogP contribution in [0.25, 0.3) is 11.1 Å². The Balaban J connectivity index is 1.28. The van der Waals surface area contributed by atoms with E-state index in [0.29, 0.717) is 19.0 Å². The molecule has 4 rings (SSSR count). The molecule has 1 aromatic heterocycles. The third kappa shape index (κ3) is 5.57. The van der Waals surface area contributed by atoms with Gasteiger partial charge in [-0.25, -0.2) is 0 Å². The average molecular weight is 420 g/mol. The van der Waals surface area contributed by atoms with E-state index >= 15 is 0 Å². The van der Waals surface area contributed by atoms with Crippen molar-refractivity contribution < 1.29 is 9.32 Å². The van der Waals surface area contributed by atoms with Crippen LogP contribution in [0, 0.1) is 0 Å². The molecule has 1 N–H and O–H groups in total. The Morgan fingerprint density at radius 3 is 2.39 bits per heavy atom. The molecule has 0 unspecified atom stereocenters. The smallest absolute Gasteiger partial charge is 0.240 e. The highest BCUT2D eigenvalue weighted by atomic mass is 16.5. The molecule has 1 aliphatic rings. The zero-order chi connectivity index (χ0) is 21.6. The first kappa shape index (κ1) is 21.2.